The van der Waals surface area contributed by atoms with Gasteiger partial charge in [-0.2, -0.15) is 0 Å². The van der Waals surface area contributed by atoms with Crippen molar-refractivity contribution >= 4 is 51.8 Å². The van der Waals surface area contributed by atoms with Crippen molar-refractivity contribution in [3.05, 3.63) is 53.6 Å². The fraction of sp³-hybridized carbons (Fsp3) is 0.250. The largest absolute Gasteiger partial charge is 0.378 e. The molecule has 1 aromatic heterocycles. The lowest BCUT2D eigenvalue weighted by molar-refractivity contribution is -0.113. The molecule has 1 N–H and O–H groups in total. The maximum Gasteiger partial charge on any atom is 0.234 e. The highest BCUT2D eigenvalue weighted by Crippen LogP contribution is 2.29. The van der Waals surface area contributed by atoms with Crippen molar-refractivity contribution in [2.45, 2.75) is 5.03 Å². The molecule has 8 heteroatoms. The van der Waals surface area contributed by atoms with E-state index in [2.05, 4.69) is 10.2 Å². The Bertz CT molecular complexity index is 978. The molecule has 2 heterocycles. The van der Waals surface area contributed by atoms with Gasteiger partial charge in [0, 0.05) is 23.8 Å². The molecule has 4 rings (SSSR count). The third-order valence-corrected chi connectivity index (χ3v) is 5.51. The first-order valence-electron chi connectivity index (χ1n) is 8.97. The van der Waals surface area contributed by atoms with Gasteiger partial charge in [-0.15, -0.1) is 0 Å². The van der Waals surface area contributed by atoms with Crippen LogP contribution in [0.4, 0.5) is 11.5 Å². The Morgan fingerprint density at radius 1 is 1.07 bits per heavy atom. The Balaban J connectivity index is 1.52. The van der Waals surface area contributed by atoms with Gasteiger partial charge in [0.2, 0.25) is 5.91 Å². The fourth-order valence-electron chi connectivity index (χ4n) is 2.92. The Labute approximate surface area is 172 Å². The average molecular weight is 415 g/mol. The summed E-state index contributed by atoms with van der Waals surface area (Å²) in [7, 11) is 0. The van der Waals surface area contributed by atoms with Crippen molar-refractivity contribution in [3.63, 3.8) is 0 Å². The second-order valence-electron chi connectivity index (χ2n) is 6.28. The summed E-state index contributed by atoms with van der Waals surface area (Å²) < 4.78 is 5.45. The lowest BCUT2D eigenvalue weighted by Crippen LogP contribution is -2.37. The van der Waals surface area contributed by atoms with E-state index in [-0.39, 0.29) is 11.7 Å². The molecule has 1 fully saturated rings. The van der Waals surface area contributed by atoms with Gasteiger partial charge in [0.15, 0.2) is 5.82 Å². The van der Waals surface area contributed by atoms with Crippen LogP contribution in [-0.2, 0) is 9.53 Å². The van der Waals surface area contributed by atoms with Crippen molar-refractivity contribution < 1.29 is 9.53 Å². The first-order valence-corrected chi connectivity index (χ1v) is 10.3. The molecule has 6 nitrogen and oxygen atoms in total. The van der Waals surface area contributed by atoms with Gasteiger partial charge in [0.1, 0.15) is 5.03 Å². The Morgan fingerprint density at radius 3 is 2.46 bits per heavy atom. The van der Waals surface area contributed by atoms with Crippen LogP contribution in [0.25, 0.3) is 11.0 Å². The van der Waals surface area contributed by atoms with Gasteiger partial charge in [0.25, 0.3) is 0 Å². The average Bonchev–Trinajstić information content (AvgIpc) is 2.74. The van der Waals surface area contributed by atoms with E-state index in [0.717, 1.165) is 35.0 Å². The highest BCUT2D eigenvalue weighted by molar-refractivity contribution is 8.00. The molecule has 144 valence electrons. The topological polar surface area (TPSA) is 67.4 Å². The van der Waals surface area contributed by atoms with Crippen molar-refractivity contribution in [1.29, 1.82) is 0 Å². The minimum absolute atomic E-state index is 0.102. The summed E-state index contributed by atoms with van der Waals surface area (Å²) in [5, 5.41) is 4.27. The van der Waals surface area contributed by atoms with Crippen LogP contribution < -0.4 is 10.2 Å². The maximum absolute atomic E-state index is 12.4. The number of anilines is 2. The van der Waals surface area contributed by atoms with Gasteiger partial charge in [-0.25, -0.2) is 9.97 Å². The third-order valence-electron chi connectivity index (χ3n) is 4.30. The van der Waals surface area contributed by atoms with Crippen LogP contribution >= 0.6 is 23.4 Å². The second kappa shape index (κ2) is 8.77. The van der Waals surface area contributed by atoms with E-state index in [4.69, 9.17) is 26.3 Å². The van der Waals surface area contributed by atoms with Crippen LogP contribution in [0, 0.1) is 0 Å². The number of fused-ring (bicyclic) bond motifs is 1. The van der Waals surface area contributed by atoms with E-state index in [0.29, 0.717) is 23.9 Å². The number of hydrogen-bond donors (Lipinski definition) is 1. The standard InChI is InChI=1S/C20H19ClN4O2S/c21-14-5-7-15(8-6-14)22-18(26)13-28-20-19(25-9-11-27-12-10-25)23-16-3-1-2-4-17(16)24-20/h1-8H,9-13H2,(H,22,26). The molecule has 28 heavy (non-hydrogen) atoms. The maximum atomic E-state index is 12.4. The number of aromatic nitrogens is 2. The van der Waals surface area contributed by atoms with E-state index in [1.54, 1.807) is 24.3 Å². The molecule has 0 unspecified atom stereocenters. The summed E-state index contributed by atoms with van der Waals surface area (Å²) in [5.74, 6) is 0.953. The van der Waals surface area contributed by atoms with Gasteiger partial charge < -0.3 is 15.0 Å². The molecule has 0 radical (unpaired) electrons. The van der Waals surface area contributed by atoms with Crippen molar-refractivity contribution in [3.8, 4) is 0 Å². The minimum Gasteiger partial charge on any atom is -0.378 e. The highest BCUT2D eigenvalue weighted by atomic mass is 35.5. The summed E-state index contributed by atoms with van der Waals surface area (Å²) in [4.78, 5) is 24.1. The van der Waals surface area contributed by atoms with Gasteiger partial charge in [-0.1, -0.05) is 35.5 Å². The van der Waals surface area contributed by atoms with Crippen LogP contribution in [-0.4, -0.2) is 47.9 Å². The molecule has 1 saturated heterocycles. The molecule has 3 aromatic rings. The molecule has 0 atom stereocenters. The zero-order valence-electron chi connectivity index (χ0n) is 15.1. The van der Waals surface area contributed by atoms with Crippen LogP contribution in [0.1, 0.15) is 0 Å². The van der Waals surface area contributed by atoms with Crippen molar-refractivity contribution in [1.82, 2.24) is 9.97 Å². The third kappa shape index (κ3) is 4.55. The minimum atomic E-state index is -0.102. The van der Waals surface area contributed by atoms with Crippen LogP contribution in [0.15, 0.2) is 53.6 Å². The lowest BCUT2D eigenvalue weighted by Gasteiger charge is -2.29. The smallest absolute Gasteiger partial charge is 0.234 e. The summed E-state index contributed by atoms with van der Waals surface area (Å²) >= 11 is 7.27. The predicted octanol–water partition coefficient (Wildman–Crippen LogP) is 3.85. The number of ether oxygens (including phenoxy) is 1. The molecule has 0 bridgehead atoms. The number of para-hydroxylation sites is 2. The molecule has 0 aliphatic carbocycles. The van der Waals surface area contributed by atoms with E-state index in [1.165, 1.54) is 11.8 Å². The number of hydrogen-bond acceptors (Lipinski definition) is 6. The predicted molar refractivity (Wildman–Crippen MR) is 113 cm³/mol. The molecule has 1 amide bonds. The Morgan fingerprint density at radius 2 is 1.75 bits per heavy atom. The zero-order valence-corrected chi connectivity index (χ0v) is 16.7. The fourth-order valence-corrected chi connectivity index (χ4v) is 3.85. The molecular formula is C20H19ClN4O2S. The van der Waals surface area contributed by atoms with Crippen LogP contribution in [0.2, 0.25) is 5.02 Å². The van der Waals surface area contributed by atoms with Gasteiger partial charge in [-0.3, -0.25) is 4.79 Å². The molecule has 2 aromatic carbocycles. The van der Waals surface area contributed by atoms with Gasteiger partial charge >= 0.3 is 0 Å². The number of amides is 1. The molecule has 0 saturated carbocycles. The van der Waals surface area contributed by atoms with E-state index in [9.17, 15) is 4.79 Å². The first-order chi connectivity index (χ1) is 13.7. The van der Waals surface area contributed by atoms with E-state index < -0.39 is 0 Å². The number of thioether (sulfide) groups is 1. The van der Waals surface area contributed by atoms with E-state index in [1.807, 2.05) is 24.3 Å². The Hall–Kier alpha value is -2.35. The number of nitrogens with one attached hydrogen (secondary N) is 1. The zero-order chi connectivity index (χ0) is 19.3. The number of carbonyl (C=O) groups is 1. The highest BCUT2D eigenvalue weighted by Gasteiger charge is 2.19. The van der Waals surface area contributed by atoms with Gasteiger partial charge in [0.05, 0.1) is 30.0 Å². The molecule has 1 aliphatic rings. The summed E-state index contributed by atoms with van der Waals surface area (Å²) in [5.41, 5.74) is 2.38. The summed E-state index contributed by atoms with van der Waals surface area (Å²) in [6.45, 7) is 2.85. The first kappa shape index (κ1) is 19.0. The Kier molecular flexibility index (Phi) is 5.95. The quantitative estimate of drug-likeness (QED) is 0.639. The SMILES string of the molecule is O=C(CSc1nc2ccccc2nc1N1CCOCC1)Nc1ccc(Cl)cc1. The van der Waals surface area contributed by atoms with Gasteiger partial charge in [-0.05, 0) is 36.4 Å². The normalized spacial score (nSPS) is 14.2. The van der Waals surface area contributed by atoms with Crippen LogP contribution in [0.5, 0.6) is 0 Å². The van der Waals surface area contributed by atoms with Crippen LogP contribution in [0.3, 0.4) is 0 Å². The monoisotopic (exact) mass is 414 g/mol. The van der Waals surface area contributed by atoms with Crippen molar-refractivity contribution in [2.24, 2.45) is 0 Å². The number of nitrogens with zero attached hydrogens (tertiary/aromatic N) is 3. The second-order valence-corrected chi connectivity index (χ2v) is 7.68. The number of morpholine rings is 1. The molecule has 0 spiro atoms. The molecule has 1 aliphatic heterocycles. The van der Waals surface area contributed by atoms with E-state index >= 15 is 0 Å². The summed E-state index contributed by atoms with van der Waals surface area (Å²) in [6, 6.07) is 14.8. The number of halogens is 1. The molecular weight excluding hydrogens is 396 g/mol. The number of rotatable bonds is 5. The lowest BCUT2D eigenvalue weighted by atomic mass is 10.3. The summed E-state index contributed by atoms with van der Waals surface area (Å²) in [6.07, 6.45) is 0. The van der Waals surface area contributed by atoms with Crippen molar-refractivity contribution in [2.75, 3.05) is 42.3 Å². The number of benzene rings is 2. The number of carbonyl (C=O) groups excluding carboxylic acids is 1.